The zero-order chi connectivity index (χ0) is 11.6. The van der Waals surface area contributed by atoms with E-state index in [2.05, 4.69) is 4.98 Å². The Bertz CT molecular complexity index is 398. The summed E-state index contributed by atoms with van der Waals surface area (Å²) in [7, 11) is 0. The van der Waals surface area contributed by atoms with Crippen molar-refractivity contribution in [1.29, 1.82) is 0 Å². The number of carboxylic acids is 1. The maximum absolute atomic E-state index is 12.3. The molecule has 0 aliphatic rings. The molecule has 82 valence electrons. The van der Waals surface area contributed by atoms with Crippen LogP contribution in [0.4, 0.5) is 8.78 Å². The van der Waals surface area contributed by atoms with Crippen molar-refractivity contribution in [2.24, 2.45) is 0 Å². The summed E-state index contributed by atoms with van der Waals surface area (Å²) in [5.74, 6) is -1.16. The molecular formula is C8H5Cl2F2NO2. The lowest BCUT2D eigenvalue weighted by atomic mass is 10.2. The van der Waals surface area contributed by atoms with Crippen LogP contribution in [0.3, 0.4) is 0 Å². The molecule has 7 heteroatoms. The van der Waals surface area contributed by atoms with Gasteiger partial charge in [0.15, 0.2) is 0 Å². The minimum Gasteiger partial charge on any atom is -0.481 e. The molecule has 0 saturated heterocycles. The van der Waals surface area contributed by atoms with Crippen LogP contribution in [-0.2, 0) is 11.2 Å². The zero-order valence-electron chi connectivity index (χ0n) is 7.18. The van der Waals surface area contributed by atoms with Gasteiger partial charge in [-0.3, -0.25) is 9.78 Å². The molecule has 3 nitrogen and oxygen atoms in total. The molecule has 0 amide bonds. The molecule has 0 fully saturated rings. The molecule has 1 heterocycles. The fourth-order valence-corrected chi connectivity index (χ4v) is 1.40. The highest BCUT2D eigenvalue weighted by Gasteiger charge is 2.18. The highest BCUT2D eigenvalue weighted by atomic mass is 35.5. The SMILES string of the molecule is O=C(O)Cc1ncc(C(F)F)c(Cl)c1Cl. The van der Waals surface area contributed by atoms with E-state index in [-0.39, 0.29) is 15.7 Å². The van der Waals surface area contributed by atoms with Crippen LogP contribution in [0.5, 0.6) is 0 Å². The molecule has 1 aromatic rings. The molecule has 1 rings (SSSR count). The summed E-state index contributed by atoms with van der Waals surface area (Å²) in [5, 5.41) is 7.88. The molecule has 0 aliphatic heterocycles. The molecule has 1 N–H and O–H groups in total. The molecule has 15 heavy (non-hydrogen) atoms. The van der Waals surface area contributed by atoms with Gasteiger partial charge in [-0.1, -0.05) is 23.2 Å². The van der Waals surface area contributed by atoms with E-state index in [0.29, 0.717) is 0 Å². The van der Waals surface area contributed by atoms with E-state index in [9.17, 15) is 13.6 Å². The smallest absolute Gasteiger partial charge is 0.309 e. The first-order valence-electron chi connectivity index (χ1n) is 3.76. The molecule has 0 bridgehead atoms. The van der Waals surface area contributed by atoms with Crippen LogP contribution in [0.15, 0.2) is 6.20 Å². The number of rotatable bonds is 3. The lowest BCUT2D eigenvalue weighted by Gasteiger charge is -2.07. The molecule has 0 unspecified atom stereocenters. The van der Waals surface area contributed by atoms with Gasteiger partial charge in [0, 0.05) is 6.20 Å². The minimum absolute atomic E-state index is 0.0291. The summed E-state index contributed by atoms with van der Waals surface area (Å²) in [6.07, 6.45) is -2.42. The highest BCUT2D eigenvalue weighted by molar-refractivity contribution is 6.42. The first-order chi connectivity index (χ1) is 6.93. The Labute approximate surface area is 93.6 Å². The van der Waals surface area contributed by atoms with Gasteiger partial charge in [0.2, 0.25) is 0 Å². The highest BCUT2D eigenvalue weighted by Crippen LogP contribution is 2.33. The average molecular weight is 256 g/mol. The number of hydrogen-bond acceptors (Lipinski definition) is 2. The molecule has 0 spiro atoms. The first-order valence-corrected chi connectivity index (χ1v) is 4.51. The van der Waals surface area contributed by atoms with E-state index in [1.165, 1.54) is 0 Å². The lowest BCUT2D eigenvalue weighted by molar-refractivity contribution is -0.136. The Morgan fingerprint density at radius 2 is 2.07 bits per heavy atom. The molecule has 0 aromatic carbocycles. The van der Waals surface area contributed by atoms with Crippen molar-refractivity contribution in [2.75, 3.05) is 0 Å². The van der Waals surface area contributed by atoms with Crippen molar-refractivity contribution >= 4 is 29.2 Å². The molecule has 1 aromatic heterocycles. The number of pyridine rings is 1. The predicted octanol–water partition coefficient (Wildman–Crippen LogP) is 2.95. The van der Waals surface area contributed by atoms with E-state index in [0.717, 1.165) is 6.20 Å². The van der Waals surface area contributed by atoms with Crippen LogP contribution in [0, 0.1) is 0 Å². The summed E-state index contributed by atoms with van der Waals surface area (Å²) >= 11 is 11.1. The lowest BCUT2D eigenvalue weighted by Crippen LogP contribution is -2.04. The van der Waals surface area contributed by atoms with Gasteiger partial charge >= 0.3 is 5.97 Å². The fourth-order valence-electron chi connectivity index (χ4n) is 0.933. The van der Waals surface area contributed by atoms with Crippen molar-refractivity contribution in [3.63, 3.8) is 0 Å². The number of hydrogen-bond donors (Lipinski definition) is 1. The van der Waals surface area contributed by atoms with Crippen LogP contribution in [0.25, 0.3) is 0 Å². The minimum atomic E-state index is -2.79. The van der Waals surface area contributed by atoms with E-state index >= 15 is 0 Å². The Hall–Kier alpha value is -0.940. The van der Waals surface area contributed by atoms with Crippen LogP contribution >= 0.6 is 23.2 Å². The number of alkyl halides is 2. The van der Waals surface area contributed by atoms with E-state index < -0.39 is 24.4 Å². The third-order valence-electron chi connectivity index (χ3n) is 1.61. The summed E-state index contributed by atoms with van der Waals surface area (Å²) in [4.78, 5) is 13.9. The normalized spacial score (nSPS) is 10.7. The van der Waals surface area contributed by atoms with Crippen LogP contribution in [0.1, 0.15) is 17.7 Å². The second kappa shape index (κ2) is 4.72. The van der Waals surface area contributed by atoms with Gasteiger partial charge in [0.25, 0.3) is 6.43 Å². The number of halogens is 4. The molecule has 0 atom stereocenters. The monoisotopic (exact) mass is 255 g/mol. The summed E-state index contributed by atoms with van der Waals surface area (Å²) in [6.45, 7) is 0. The number of aromatic nitrogens is 1. The average Bonchev–Trinajstić information content (AvgIpc) is 2.12. The Balaban J connectivity index is 3.15. The molecular weight excluding hydrogens is 251 g/mol. The topological polar surface area (TPSA) is 50.2 Å². The maximum Gasteiger partial charge on any atom is 0.309 e. The standard InChI is InChI=1S/C8H5Cl2F2NO2/c9-6-3(8(11)12)2-13-4(7(6)10)1-5(14)15/h2,8H,1H2,(H,14,15). The van der Waals surface area contributed by atoms with Gasteiger partial charge in [-0.05, 0) is 0 Å². The number of carboxylic acid groups (broad SMARTS) is 1. The van der Waals surface area contributed by atoms with Crippen molar-refractivity contribution < 1.29 is 18.7 Å². The third kappa shape index (κ3) is 2.76. The zero-order valence-corrected chi connectivity index (χ0v) is 8.69. The van der Waals surface area contributed by atoms with Crippen molar-refractivity contribution in [3.05, 3.63) is 27.5 Å². The van der Waals surface area contributed by atoms with Crippen molar-refractivity contribution in [3.8, 4) is 0 Å². The van der Waals surface area contributed by atoms with Gasteiger partial charge in [-0.15, -0.1) is 0 Å². The molecule has 0 saturated carbocycles. The van der Waals surface area contributed by atoms with Crippen molar-refractivity contribution in [1.82, 2.24) is 4.98 Å². The fraction of sp³-hybridized carbons (Fsp3) is 0.250. The van der Waals surface area contributed by atoms with E-state index in [1.54, 1.807) is 0 Å². The Morgan fingerprint density at radius 1 is 1.47 bits per heavy atom. The maximum atomic E-state index is 12.3. The second-order valence-electron chi connectivity index (χ2n) is 2.66. The number of aliphatic carboxylic acids is 1. The van der Waals surface area contributed by atoms with E-state index in [1.807, 2.05) is 0 Å². The van der Waals surface area contributed by atoms with Gasteiger partial charge in [-0.25, -0.2) is 8.78 Å². The van der Waals surface area contributed by atoms with Crippen LogP contribution in [0.2, 0.25) is 10.0 Å². The quantitative estimate of drug-likeness (QED) is 0.904. The van der Waals surface area contributed by atoms with Gasteiger partial charge < -0.3 is 5.11 Å². The van der Waals surface area contributed by atoms with Gasteiger partial charge in [0.05, 0.1) is 27.7 Å². The second-order valence-corrected chi connectivity index (χ2v) is 3.42. The van der Waals surface area contributed by atoms with Gasteiger partial charge in [0.1, 0.15) is 0 Å². The van der Waals surface area contributed by atoms with Gasteiger partial charge in [-0.2, -0.15) is 0 Å². The molecule has 0 radical (unpaired) electrons. The largest absolute Gasteiger partial charge is 0.481 e. The van der Waals surface area contributed by atoms with Crippen molar-refractivity contribution in [2.45, 2.75) is 12.8 Å². The van der Waals surface area contributed by atoms with Crippen LogP contribution < -0.4 is 0 Å². The van der Waals surface area contributed by atoms with E-state index in [4.69, 9.17) is 28.3 Å². The summed E-state index contributed by atoms with van der Waals surface area (Å²) in [6, 6.07) is 0. The number of nitrogens with zero attached hydrogens (tertiary/aromatic N) is 1. The van der Waals surface area contributed by atoms with Crippen LogP contribution in [-0.4, -0.2) is 16.1 Å². The predicted molar refractivity (Wildman–Crippen MR) is 50.6 cm³/mol. The number of carbonyl (C=O) groups is 1. The third-order valence-corrected chi connectivity index (χ3v) is 2.52. The molecule has 0 aliphatic carbocycles. The Kier molecular flexibility index (Phi) is 3.82. The summed E-state index contributed by atoms with van der Waals surface area (Å²) < 4.78 is 24.6. The summed E-state index contributed by atoms with van der Waals surface area (Å²) in [5.41, 5.74) is -0.533. The first kappa shape index (κ1) is 12.1. The Morgan fingerprint density at radius 3 is 2.53 bits per heavy atom.